The molecule has 0 spiro atoms. The van der Waals surface area contributed by atoms with Crippen LogP contribution in [0.4, 0.5) is 0 Å². The number of pyridine rings is 1. The molecule has 1 saturated heterocycles. The van der Waals surface area contributed by atoms with Crippen LogP contribution < -0.4 is 5.32 Å². The second-order valence-electron chi connectivity index (χ2n) is 6.75. The Kier molecular flexibility index (Phi) is 5.15. The number of amides is 2. The van der Waals surface area contributed by atoms with Crippen LogP contribution in [-0.2, 0) is 24.2 Å². The van der Waals surface area contributed by atoms with Gasteiger partial charge in [0.1, 0.15) is 5.69 Å². The quantitative estimate of drug-likeness (QED) is 0.869. The van der Waals surface area contributed by atoms with Gasteiger partial charge in [-0.25, -0.2) is 4.98 Å². The lowest BCUT2D eigenvalue weighted by Crippen LogP contribution is -2.42. The Bertz CT molecular complexity index is 827. The maximum Gasteiger partial charge on any atom is 0.290 e. The first-order valence-electron chi connectivity index (χ1n) is 9.38. The predicted molar refractivity (Wildman–Crippen MR) is 97.3 cm³/mol. The molecule has 142 valence electrons. The van der Waals surface area contributed by atoms with Crippen molar-refractivity contribution in [3.8, 4) is 0 Å². The van der Waals surface area contributed by atoms with Crippen molar-refractivity contribution in [3.63, 3.8) is 0 Å². The van der Waals surface area contributed by atoms with Gasteiger partial charge in [0.05, 0.1) is 31.1 Å². The first-order valence-corrected chi connectivity index (χ1v) is 9.38. The van der Waals surface area contributed by atoms with Crippen LogP contribution in [0.25, 0.3) is 0 Å². The molecule has 4 rings (SSSR count). The Balaban J connectivity index is 1.56. The van der Waals surface area contributed by atoms with Crippen LogP contribution in [0.3, 0.4) is 0 Å². The van der Waals surface area contributed by atoms with E-state index in [1.54, 1.807) is 11.1 Å². The number of carbonyl (C=O) groups excluding carboxylic acids is 2. The van der Waals surface area contributed by atoms with Crippen molar-refractivity contribution in [3.05, 3.63) is 47.3 Å². The smallest absolute Gasteiger partial charge is 0.290 e. The van der Waals surface area contributed by atoms with Gasteiger partial charge < -0.3 is 19.5 Å². The summed E-state index contributed by atoms with van der Waals surface area (Å²) in [7, 11) is 0. The fourth-order valence-electron chi connectivity index (χ4n) is 3.55. The second-order valence-corrected chi connectivity index (χ2v) is 6.75. The van der Waals surface area contributed by atoms with Gasteiger partial charge in [-0.15, -0.1) is 0 Å². The molecule has 8 nitrogen and oxygen atoms in total. The fourth-order valence-corrected chi connectivity index (χ4v) is 3.55. The largest absolute Gasteiger partial charge is 0.378 e. The van der Waals surface area contributed by atoms with E-state index in [0.29, 0.717) is 44.4 Å². The molecule has 1 fully saturated rings. The number of nitrogens with zero attached hydrogens (tertiary/aromatic N) is 4. The lowest BCUT2D eigenvalue weighted by molar-refractivity contribution is 0.0291. The number of imidazole rings is 1. The number of carbonyl (C=O) groups is 2. The van der Waals surface area contributed by atoms with E-state index >= 15 is 0 Å². The standard InChI is InChI=1S/C19H23N5O3/c25-18(21-13-14-5-1-3-7-20-14)16-15-6-2-4-8-24(15)17(22-16)19(26)23-9-11-27-12-10-23/h1,3,5,7H,2,4,6,8-13H2,(H,21,25). The Morgan fingerprint density at radius 2 is 2.00 bits per heavy atom. The number of ether oxygens (including phenoxy) is 1. The molecule has 0 aliphatic carbocycles. The van der Waals surface area contributed by atoms with Gasteiger partial charge in [0, 0.05) is 25.8 Å². The third-order valence-corrected chi connectivity index (χ3v) is 4.98. The summed E-state index contributed by atoms with van der Waals surface area (Å²) in [6, 6.07) is 5.57. The molecule has 27 heavy (non-hydrogen) atoms. The topological polar surface area (TPSA) is 89.3 Å². The molecular weight excluding hydrogens is 346 g/mol. The molecule has 0 aromatic carbocycles. The van der Waals surface area contributed by atoms with Crippen LogP contribution in [-0.4, -0.2) is 57.6 Å². The number of morpholine rings is 1. The zero-order chi connectivity index (χ0) is 18.6. The van der Waals surface area contributed by atoms with Crippen LogP contribution in [0.5, 0.6) is 0 Å². The summed E-state index contributed by atoms with van der Waals surface area (Å²) < 4.78 is 7.25. The van der Waals surface area contributed by atoms with E-state index in [1.165, 1.54) is 0 Å². The molecule has 1 N–H and O–H groups in total. The minimum absolute atomic E-state index is 0.120. The van der Waals surface area contributed by atoms with E-state index in [1.807, 2.05) is 22.8 Å². The number of aromatic nitrogens is 3. The van der Waals surface area contributed by atoms with Gasteiger partial charge in [-0.2, -0.15) is 0 Å². The zero-order valence-corrected chi connectivity index (χ0v) is 15.2. The minimum Gasteiger partial charge on any atom is -0.378 e. The summed E-state index contributed by atoms with van der Waals surface area (Å²) >= 11 is 0. The average molecular weight is 369 g/mol. The molecule has 2 aliphatic rings. The van der Waals surface area contributed by atoms with Gasteiger partial charge in [-0.05, 0) is 31.4 Å². The van der Waals surface area contributed by atoms with Gasteiger partial charge in [-0.3, -0.25) is 14.6 Å². The van der Waals surface area contributed by atoms with E-state index in [2.05, 4.69) is 15.3 Å². The Morgan fingerprint density at radius 1 is 1.15 bits per heavy atom. The van der Waals surface area contributed by atoms with Gasteiger partial charge in [0.25, 0.3) is 11.8 Å². The Hall–Kier alpha value is -2.74. The van der Waals surface area contributed by atoms with Crippen molar-refractivity contribution < 1.29 is 14.3 Å². The number of fused-ring (bicyclic) bond motifs is 1. The third kappa shape index (κ3) is 3.71. The minimum atomic E-state index is -0.257. The van der Waals surface area contributed by atoms with Crippen LogP contribution in [0.15, 0.2) is 24.4 Å². The van der Waals surface area contributed by atoms with Crippen molar-refractivity contribution in [1.82, 2.24) is 24.8 Å². The number of hydrogen-bond acceptors (Lipinski definition) is 5. The van der Waals surface area contributed by atoms with E-state index in [9.17, 15) is 9.59 Å². The number of rotatable bonds is 4. The van der Waals surface area contributed by atoms with Crippen LogP contribution in [0.2, 0.25) is 0 Å². The summed E-state index contributed by atoms with van der Waals surface area (Å²) in [5.41, 5.74) is 2.00. The van der Waals surface area contributed by atoms with E-state index in [4.69, 9.17) is 4.74 Å². The molecule has 0 unspecified atom stereocenters. The Labute approximate surface area is 157 Å². The average Bonchev–Trinajstić information content (AvgIpc) is 3.13. The summed E-state index contributed by atoms with van der Waals surface area (Å²) in [5, 5.41) is 2.87. The van der Waals surface area contributed by atoms with Gasteiger partial charge >= 0.3 is 0 Å². The predicted octanol–water partition coefficient (Wildman–Crippen LogP) is 1.02. The van der Waals surface area contributed by atoms with E-state index in [-0.39, 0.29) is 11.8 Å². The van der Waals surface area contributed by atoms with Crippen LogP contribution in [0, 0.1) is 0 Å². The lowest BCUT2D eigenvalue weighted by Gasteiger charge is -2.27. The molecule has 0 radical (unpaired) electrons. The summed E-state index contributed by atoms with van der Waals surface area (Å²) in [5.74, 6) is -0.00728. The Morgan fingerprint density at radius 3 is 2.78 bits per heavy atom. The van der Waals surface area contributed by atoms with Crippen molar-refractivity contribution in [1.29, 1.82) is 0 Å². The highest BCUT2D eigenvalue weighted by molar-refractivity contribution is 5.97. The molecular formula is C19H23N5O3. The monoisotopic (exact) mass is 369 g/mol. The highest BCUT2D eigenvalue weighted by Crippen LogP contribution is 2.22. The third-order valence-electron chi connectivity index (χ3n) is 4.98. The van der Waals surface area contributed by atoms with E-state index in [0.717, 1.165) is 37.2 Å². The van der Waals surface area contributed by atoms with E-state index < -0.39 is 0 Å². The van der Waals surface area contributed by atoms with Crippen molar-refractivity contribution in [2.75, 3.05) is 26.3 Å². The molecule has 2 aromatic rings. The summed E-state index contributed by atoms with van der Waals surface area (Å²) in [6.45, 7) is 3.25. The van der Waals surface area contributed by atoms with Gasteiger partial charge in [0.2, 0.25) is 0 Å². The maximum atomic E-state index is 12.9. The molecule has 2 aliphatic heterocycles. The van der Waals surface area contributed by atoms with Crippen molar-refractivity contribution >= 4 is 11.8 Å². The molecule has 0 bridgehead atoms. The summed E-state index contributed by atoms with van der Waals surface area (Å²) in [6.07, 6.45) is 4.44. The fraction of sp³-hybridized carbons (Fsp3) is 0.474. The van der Waals surface area contributed by atoms with Crippen molar-refractivity contribution in [2.24, 2.45) is 0 Å². The normalized spacial score (nSPS) is 16.7. The highest BCUT2D eigenvalue weighted by atomic mass is 16.5. The van der Waals surface area contributed by atoms with Gasteiger partial charge in [-0.1, -0.05) is 6.07 Å². The number of hydrogen-bond donors (Lipinski definition) is 1. The molecule has 2 amide bonds. The van der Waals surface area contributed by atoms with Gasteiger partial charge in [0.15, 0.2) is 5.82 Å². The first kappa shape index (κ1) is 17.7. The molecule has 8 heteroatoms. The molecule has 0 atom stereocenters. The summed E-state index contributed by atoms with van der Waals surface area (Å²) in [4.78, 5) is 36.1. The molecule has 0 saturated carbocycles. The zero-order valence-electron chi connectivity index (χ0n) is 15.2. The molecule has 2 aromatic heterocycles. The second kappa shape index (κ2) is 7.87. The first-order chi connectivity index (χ1) is 13.2. The maximum absolute atomic E-state index is 12.9. The SMILES string of the molecule is O=C(NCc1ccccn1)c1nc(C(=O)N2CCOCC2)n2c1CCCC2. The van der Waals surface area contributed by atoms with Crippen LogP contribution >= 0.6 is 0 Å². The number of nitrogens with one attached hydrogen (secondary N) is 1. The lowest BCUT2D eigenvalue weighted by atomic mass is 10.1. The highest BCUT2D eigenvalue weighted by Gasteiger charge is 2.30. The van der Waals surface area contributed by atoms with Crippen LogP contribution in [0.1, 0.15) is 45.3 Å². The molecule has 4 heterocycles. The van der Waals surface area contributed by atoms with Crippen molar-refractivity contribution in [2.45, 2.75) is 32.4 Å².